The summed E-state index contributed by atoms with van der Waals surface area (Å²) in [4.78, 5) is 15.4. The zero-order chi connectivity index (χ0) is 14.9. The van der Waals surface area contributed by atoms with E-state index in [1.54, 1.807) is 0 Å². The topological polar surface area (TPSA) is 58.9 Å². The van der Waals surface area contributed by atoms with Crippen LogP contribution in [0.1, 0.15) is 11.1 Å². The highest BCUT2D eigenvalue weighted by Crippen LogP contribution is 2.07. The van der Waals surface area contributed by atoms with Crippen LogP contribution in [0.2, 0.25) is 0 Å². The number of carboxylic acid groups (broad SMARTS) is 1. The molecule has 108 valence electrons. The maximum Gasteiger partial charge on any atom is 0.344 e. The molecule has 2 rings (SSSR count). The van der Waals surface area contributed by atoms with E-state index in [1.165, 1.54) is 0 Å². The Bertz CT molecular complexity index is 550. The van der Waals surface area contributed by atoms with Crippen LogP contribution in [-0.2, 0) is 22.5 Å². The summed E-state index contributed by atoms with van der Waals surface area (Å²) >= 11 is 0. The number of hydrogen-bond acceptors (Lipinski definition) is 3. The molecule has 0 amide bonds. The Hall–Kier alpha value is -2.62. The lowest BCUT2D eigenvalue weighted by molar-refractivity contribution is -0.142. The van der Waals surface area contributed by atoms with Gasteiger partial charge in [-0.1, -0.05) is 65.8 Å². The van der Waals surface area contributed by atoms with Gasteiger partial charge >= 0.3 is 5.97 Å². The van der Waals surface area contributed by atoms with Crippen LogP contribution in [0.4, 0.5) is 0 Å². The Morgan fingerprint density at radius 1 is 0.905 bits per heavy atom. The highest BCUT2D eigenvalue weighted by molar-refractivity contribution is 5.88. The first-order valence-corrected chi connectivity index (χ1v) is 6.71. The van der Waals surface area contributed by atoms with Crippen LogP contribution in [0, 0.1) is 0 Å². The van der Waals surface area contributed by atoms with Crippen molar-refractivity contribution in [2.75, 3.05) is 6.61 Å². The molecule has 0 bridgehead atoms. The van der Waals surface area contributed by atoms with Gasteiger partial charge < -0.3 is 9.94 Å². The fourth-order valence-electron chi connectivity index (χ4n) is 1.97. The molecule has 0 fully saturated rings. The molecule has 0 aliphatic rings. The SMILES string of the molecule is O=C(O)CON=C(Cc1ccccc1)Cc1ccccc1. The zero-order valence-corrected chi connectivity index (χ0v) is 11.6. The summed E-state index contributed by atoms with van der Waals surface area (Å²) in [6.45, 7) is -0.424. The normalized spacial score (nSPS) is 9.90. The zero-order valence-electron chi connectivity index (χ0n) is 11.6. The van der Waals surface area contributed by atoms with Crippen LogP contribution in [0.5, 0.6) is 0 Å². The summed E-state index contributed by atoms with van der Waals surface area (Å²) in [5.41, 5.74) is 3.03. The van der Waals surface area contributed by atoms with Gasteiger partial charge in [0.2, 0.25) is 6.61 Å². The molecule has 0 aromatic heterocycles. The number of oxime groups is 1. The summed E-state index contributed by atoms with van der Waals surface area (Å²) in [6, 6.07) is 19.8. The van der Waals surface area contributed by atoms with Crippen molar-refractivity contribution in [3.05, 3.63) is 71.8 Å². The van der Waals surface area contributed by atoms with E-state index in [0.29, 0.717) is 12.8 Å². The van der Waals surface area contributed by atoms with Crippen molar-refractivity contribution in [3.63, 3.8) is 0 Å². The van der Waals surface area contributed by atoms with Gasteiger partial charge in [-0.3, -0.25) is 0 Å². The number of rotatable bonds is 7. The predicted octanol–water partition coefficient (Wildman–Crippen LogP) is 2.93. The van der Waals surface area contributed by atoms with E-state index in [9.17, 15) is 4.79 Å². The monoisotopic (exact) mass is 283 g/mol. The molecular formula is C17H17NO3. The van der Waals surface area contributed by atoms with Crippen LogP contribution in [0.3, 0.4) is 0 Å². The quantitative estimate of drug-likeness (QED) is 0.628. The fourth-order valence-corrected chi connectivity index (χ4v) is 1.97. The number of carboxylic acids is 1. The minimum atomic E-state index is -1.03. The van der Waals surface area contributed by atoms with E-state index < -0.39 is 12.6 Å². The molecular weight excluding hydrogens is 266 g/mol. The Morgan fingerprint density at radius 2 is 1.38 bits per heavy atom. The minimum Gasteiger partial charge on any atom is -0.479 e. The van der Waals surface area contributed by atoms with Crippen LogP contribution < -0.4 is 0 Å². The number of hydrogen-bond donors (Lipinski definition) is 1. The first-order chi connectivity index (χ1) is 10.2. The number of nitrogens with zero attached hydrogens (tertiary/aromatic N) is 1. The average molecular weight is 283 g/mol. The molecule has 0 saturated heterocycles. The fraction of sp³-hybridized carbons (Fsp3) is 0.176. The molecule has 0 spiro atoms. The summed E-state index contributed by atoms with van der Waals surface area (Å²) in [6.07, 6.45) is 1.27. The molecule has 21 heavy (non-hydrogen) atoms. The van der Waals surface area contributed by atoms with Crippen molar-refractivity contribution in [1.82, 2.24) is 0 Å². The second-order valence-corrected chi connectivity index (χ2v) is 4.65. The number of benzene rings is 2. The lowest BCUT2D eigenvalue weighted by Gasteiger charge is -2.07. The Morgan fingerprint density at radius 3 is 1.81 bits per heavy atom. The molecule has 4 heteroatoms. The largest absolute Gasteiger partial charge is 0.479 e. The van der Waals surface area contributed by atoms with E-state index in [-0.39, 0.29) is 0 Å². The van der Waals surface area contributed by atoms with Gasteiger partial charge in [0, 0.05) is 12.8 Å². The maximum absolute atomic E-state index is 10.5. The van der Waals surface area contributed by atoms with Gasteiger partial charge in [0.1, 0.15) is 0 Å². The maximum atomic E-state index is 10.5. The molecule has 0 unspecified atom stereocenters. The Balaban J connectivity index is 2.08. The van der Waals surface area contributed by atoms with Crippen LogP contribution >= 0.6 is 0 Å². The summed E-state index contributed by atoms with van der Waals surface area (Å²) in [7, 11) is 0. The minimum absolute atomic E-state index is 0.424. The molecule has 2 aromatic rings. The molecule has 2 aromatic carbocycles. The lowest BCUT2D eigenvalue weighted by atomic mass is 10.0. The molecule has 4 nitrogen and oxygen atoms in total. The molecule has 0 saturated carbocycles. The molecule has 0 radical (unpaired) electrons. The molecule has 0 heterocycles. The second-order valence-electron chi connectivity index (χ2n) is 4.65. The third kappa shape index (κ3) is 5.48. The number of carbonyl (C=O) groups is 1. The predicted molar refractivity (Wildman–Crippen MR) is 81.3 cm³/mol. The van der Waals surface area contributed by atoms with Gasteiger partial charge in [-0.05, 0) is 11.1 Å². The van der Waals surface area contributed by atoms with E-state index in [0.717, 1.165) is 16.8 Å². The summed E-state index contributed by atoms with van der Waals surface area (Å²) < 4.78 is 0. The van der Waals surface area contributed by atoms with Gasteiger partial charge in [-0.25, -0.2) is 4.79 Å². The first-order valence-electron chi connectivity index (χ1n) is 6.71. The van der Waals surface area contributed by atoms with E-state index >= 15 is 0 Å². The Labute approximate surface area is 123 Å². The van der Waals surface area contributed by atoms with Crippen molar-refractivity contribution < 1.29 is 14.7 Å². The average Bonchev–Trinajstić information content (AvgIpc) is 2.49. The van der Waals surface area contributed by atoms with Gasteiger partial charge in [0.15, 0.2) is 0 Å². The van der Waals surface area contributed by atoms with Crippen LogP contribution in [0.15, 0.2) is 65.8 Å². The van der Waals surface area contributed by atoms with E-state index in [4.69, 9.17) is 9.94 Å². The van der Waals surface area contributed by atoms with E-state index in [2.05, 4.69) is 5.16 Å². The van der Waals surface area contributed by atoms with E-state index in [1.807, 2.05) is 60.7 Å². The van der Waals surface area contributed by atoms with Crippen molar-refractivity contribution in [2.24, 2.45) is 5.16 Å². The van der Waals surface area contributed by atoms with Crippen molar-refractivity contribution in [2.45, 2.75) is 12.8 Å². The second kappa shape index (κ2) is 7.85. The van der Waals surface area contributed by atoms with Gasteiger partial charge in [0.05, 0.1) is 5.71 Å². The molecule has 1 N–H and O–H groups in total. The summed E-state index contributed by atoms with van der Waals surface area (Å²) in [5.74, 6) is -1.03. The third-order valence-corrected chi connectivity index (χ3v) is 2.88. The summed E-state index contributed by atoms with van der Waals surface area (Å²) in [5, 5.41) is 12.6. The lowest BCUT2D eigenvalue weighted by Crippen LogP contribution is -2.11. The van der Waals surface area contributed by atoms with Gasteiger partial charge in [-0.15, -0.1) is 0 Å². The highest BCUT2D eigenvalue weighted by Gasteiger charge is 2.05. The van der Waals surface area contributed by atoms with Gasteiger partial charge in [0.25, 0.3) is 0 Å². The third-order valence-electron chi connectivity index (χ3n) is 2.88. The Kier molecular flexibility index (Phi) is 5.52. The van der Waals surface area contributed by atoms with Crippen molar-refractivity contribution in [1.29, 1.82) is 0 Å². The first kappa shape index (κ1) is 14.8. The van der Waals surface area contributed by atoms with Crippen LogP contribution in [-0.4, -0.2) is 23.4 Å². The smallest absolute Gasteiger partial charge is 0.344 e. The van der Waals surface area contributed by atoms with Crippen molar-refractivity contribution in [3.8, 4) is 0 Å². The standard InChI is InChI=1S/C17H17NO3/c19-17(20)13-21-18-16(11-14-7-3-1-4-8-14)12-15-9-5-2-6-10-15/h1-10H,11-13H2,(H,19,20). The molecule has 0 aliphatic carbocycles. The van der Waals surface area contributed by atoms with Crippen molar-refractivity contribution >= 4 is 11.7 Å². The van der Waals surface area contributed by atoms with Gasteiger partial charge in [-0.2, -0.15) is 0 Å². The molecule has 0 atom stereocenters. The number of aliphatic carboxylic acids is 1. The molecule has 0 aliphatic heterocycles. The highest BCUT2D eigenvalue weighted by atomic mass is 16.6. The van der Waals surface area contributed by atoms with Crippen LogP contribution in [0.25, 0.3) is 0 Å².